The maximum atomic E-state index is 12.2. The van der Waals surface area contributed by atoms with Gasteiger partial charge in [-0.05, 0) is 19.1 Å². The number of amides is 3. The fraction of sp³-hybridized carbons (Fsp3) is 0.429. The molecule has 7 heteroatoms. The van der Waals surface area contributed by atoms with Gasteiger partial charge < -0.3 is 20.1 Å². The summed E-state index contributed by atoms with van der Waals surface area (Å²) >= 11 is 0. The lowest BCUT2D eigenvalue weighted by atomic mass is 10.2. The quantitative estimate of drug-likeness (QED) is 0.848. The Hall–Kier alpha value is -2.44. The van der Waals surface area contributed by atoms with Gasteiger partial charge in [-0.3, -0.25) is 9.69 Å². The molecule has 7 nitrogen and oxygen atoms in total. The number of urea groups is 1. The van der Waals surface area contributed by atoms with Crippen LogP contribution in [-0.2, 0) is 4.79 Å². The molecule has 1 aromatic rings. The van der Waals surface area contributed by atoms with E-state index in [1.807, 2.05) is 0 Å². The van der Waals surface area contributed by atoms with Gasteiger partial charge in [0.05, 0.1) is 19.9 Å². The van der Waals surface area contributed by atoms with Crippen LogP contribution < -0.4 is 20.1 Å². The zero-order chi connectivity index (χ0) is 15.4. The molecule has 1 aromatic carbocycles. The predicted molar refractivity (Wildman–Crippen MR) is 77.7 cm³/mol. The Morgan fingerprint density at radius 2 is 2.14 bits per heavy atom. The van der Waals surface area contributed by atoms with Crippen molar-refractivity contribution in [2.45, 2.75) is 13.0 Å². The first-order valence-electron chi connectivity index (χ1n) is 6.64. The van der Waals surface area contributed by atoms with Crippen molar-refractivity contribution in [2.24, 2.45) is 0 Å². The number of methoxy groups -OCH3 is 2. The highest BCUT2D eigenvalue weighted by molar-refractivity contribution is 5.99. The van der Waals surface area contributed by atoms with Crippen LogP contribution in [-0.4, -0.2) is 50.2 Å². The Labute approximate surface area is 123 Å². The van der Waals surface area contributed by atoms with Gasteiger partial charge in [0, 0.05) is 19.2 Å². The zero-order valence-corrected chi connectivity index (χ0v) is 12.3. The number of rotatable bonds is 5. The van der Waals surface area contributed by atoms with E-state index in [0.717, 1.165) is 0 Å². The second-order valence-corrected chi connectivity index (χ2v) is 4.65. The lowest BCUT2D eigenvalue weighted by Gasteiger charge is -2.21. The van der Waals surface area contributed by atoms with Crippen LogP contribution in [0.25, 0.3) is 0 Å². The van der Waals surface area contributed by atoms with Crippen LogP contribution in [0.2, 0.25) is 0 Å². The molecular formula is C14H19N3O4. The SMILES string of the molecule is COc1ccc(N[C@@H](C)C(=O)N2CCNC2=O)c(OC)c1. The first-order chi connectivity index (χ1) is 10.1. The molecule has 1 saturated heterocycles. The van der Waals surface area contributed by atoms with Gasteiger partial charge in [-0.1, -0.05) is 0 Å². The molecule has 1 aliphatic rings. The minimum absolute atomic E-state index is 0.275. The Kier molecular flexibility index (Phi) is 4.52. The summed E-state index contributed by atoms with van der Waals surface area (Å²) in [7, 11) is 3.11. The highest BCUT2D eigenvalue weighted by atomic mass is 16.5. The smallest absolute Gasteiger partial charge is 0.324 e. The van der Waals surface area contributed by atoms with Crippen LogP contribution in [0.1, 0.15) is 6.92 Å². The van der Waals surface area contributed by atoms with E-state index in [1.165, 1.54) is 4.90 Å². The molecule has 0 aromatic heterocycles. The summed E-state index contributed by atoms with van der Waals surface area (Å²) in [6.07, 6.45) is 0. The summed E-state index contributed by atoms with van der Waals surface area (Å²) in [6.45, 7) is 2.59. The summed E-state index contributed by atoms with van der Waals surface area (Å²) in [5.74, 6) is 0.957. The van der Waals surface area contributed by atoms with Gasteiger partial charge in [0.2, 0.25) is 0 Å². The molecule has 1 aliphatic heterocycles. The normalized spacial score (nSPS) is 15.4. The number of anilines is 1. The van der Waals surface area contributed by atoms with Gasteiger partial charge in [0.15, 0.2) is 0 Å². The van der Waals surface area contributed by atoms with Gasteiger partial charge >= 0.3 is 6.03 Å². The average molecular weight is 293 g/mol. The number of benzene rings is 1. The molecule has 0 saturated carbocycles. The van der Waals surface area contributed by atoms with E-state index in [4.69, 9.17) is 9.47 Å². The van der Waals surface area contributed by atoms with E-state index in [0.29, 0.717) is 30.3 Å². The van der Waals surface area contributed by atoms with Gasteiger partial charge in [0.1, 0.15) is 17.5 Å². The lowest BCUT2D eigenvalue weighted by molar-refractivity contribution is -0.128. The lowest BCUT2D eigenvalue weighted by Crippen LogP contribution is -2.43. The number of nitrogens with zero attached hydrogens (tertiary/aromatic N) is 1. The van der Waals surface area contributed by atoms with Crippen molar-refractivity contribution in [1.29, 1.82) is 0 Å². The molecular weight excluding hydrogens is 274 g/mol. The number of nitrogens with one attached hydrogen (secondary N) is 2. The average Bonchev–Trinajstić information content (AvgIpc) is 2.92. The standard InChI is InChI=1S/C14H19N3O4/c1-9(13(18)17-7-6-15-14(17)19)16-11-5-4-10(20-2)8-12(11)21-3/h4-5,8-9,16H,6-7H2,1-3H3,(H,15,19)/t9-/m0/s1. The minimum atomic E-state index is -0.545. The molecule has 0 radical (unpaired) electrons. The minimum Gasteiger partial charge on any atom is -0.497 e. The van der Waals surface area contributed by atoms with E-state index in [-0.39, 0.29) is 11.9 Å². The third kappa shape index (κ3) is 3.18. The van der Waals surface area contributed by atoms with Crippen molar-refractivity contribution < 1.29 is 19.1 Å². The molecule has 0 unspecified atom stereocenters. The van der Waals surface area contributed by atoms with Crippen molar-refractivity contribution in [3.05, 3.63) is 18.2 Å². The van der Waals surface area contributed by atoms with Crippen molar-refractivity contribution >= 4 is 17.6 Å². The second kappa shape index (κ2) is 6.34. The van der Waals surface area contributed by atoms with E-state index in [9.17, 15) is 9.59 Å². The number of imide groups is 1. The molecule has 3 amide bonds. The van der Waals surface area contributed by atoms with Crippen LogP contribution in [0.3, 0.4) is 0 Å². The van der Waals surface area contributed by atoms with Crippen molar-refractivity contribution in [2.75, 3.05) is 32.6 Å². The molecule has 2 N–H and O–H groups in total. The third-order valence-corrected chi connectivity index (χ3v) is 3.27. The van der Waals surface area contributed by atoms with Crippen LogP contribution in [0.5, 0.6) is 11.5 Å². The van der Waals surface area contributed by atoms with E-state index < -0.39 is 6.04 Å². The molecule has 2 rings (SSSR count). The number of hydrogen-bond acceptors (Lipinski definition) is 5. The summed E-state index contributed by atoms with van der Waals surface area (Å²) in [6, 6.07) is 4.37. The predicted octanol–water partition coefficient (Wildman–Crippen LogP) is 1.06. The summed E-state index contributed by atoms with van der Waals surface area (Å²) in [5.41, 5.74) is 0.666. The van der Waals surface area contributed by atoms with Crippen LogP contribution in [0.4, 0.5) is 10.5 Å². The van der Waals surface area contributed by atoms with Gasteiger partial charge in [-0.15, -0.1) is 0 Å². The van der Waals surface area contributed by atoms with Gasteiger partial charge in [-0.2, -0.15) is 0 Å². The molecule has 21 heavy (non-hydrogen) atoms. The maximum absolute atomic E-state index is 12.2. The second-order valence-electron chi connectivity index (χ2n) is 4.65. The highest BCUT2D eigenvalue weighted by Crippen LogP contribution is 2.29. The van der Waals surface area contributed by atoms with Crippen LogP contribution in [0, 0.1) is 0 Å². The maximum Gasteiger partial charge on any atom is 0.324 e. The molecule has 0 spiro atoms. The Morgan fingerprint density at radius 3 is 2.71 bits per heavy atom. The molecule has 1 fully saturated rings. The topological polar surface area (TPSA) is 79.9 Å². The van der Waals surface area contributed by atoms with Crippen LogP contribution in [0.15, 0.2) is 18.2 Å². The molecule has 0 aliphatic carbocycles. The van der Waals surface area contributed by atoms with Gasteiger partial charge in [0.25, 0.3) is 5.91 Å². The first kappa shape index (κ1) is 15.0. The van der Waals surface area contributed by atoms with Crippen molar-refractivity contribution in [3.8, 4) is 11.5 Å². The fourth-order valence-electron chi connectivity index (χ4n) is 2.13. The van der Waals surface area contributed by atoms with Crippen molar-refractivity contribution in [1.82, 2.24) is 10.2 Å². The number of ether oxygens (including phenoxy) is 2. The highest BCUT2D eigenvalue weighted by Gasteiger charge is 2.29. The Morgan fingerprint density at radius 1 is 1.38 bits per heavy atom. The molecule has 1 atom stereocenters. The third-order valence-electron chi connectivity index (χ3n) is 3.27. The van der Waals surface area contributed by atoms with E-state index in [2.05, 4.69) is 10.6 Å². The van der Waals surface area contributed by atoms with E-state index in [1.54, 1.807) is 39.3 Å². The summed E-state index contributed by atoms with van der Waals surface area (Å²) in [4.78, 5) is 24.9. The number of carbonyl (C=O) groups is 2. The first-order valence-corrected chi connectivity index (χ1v) is 6.64. The monoisotopic (exact) mass is 293 g/mol. The Balaban J connectivity index is 2.10. The molecule has 0 bridgehead atoms. The fourth-order valence-corrected chi connectivity index (χ4v) is 2.13. The zero-order valence-electron chi connectivity index (χ0n) is 12.3. The van der Waals surface area contributed by atoms with E-state index >= 15 is 0 Å². The van der Waals surface area contributed by atoms with Gasteiger partial charge in [-0.25, -0.2) is 4.79 Å². The summed E-state index contributed by atoms with van der Waals surface area (Å²) in [5, 5.41) is 5.66. The number of hydrogen-bond donors (Lipinski definition) is 2. The largest absolute Gasteiger partial charge is 0.497 e. The molecule has 114 valence electrons. The molecule has 1 heterocycles. The van der Waals surface area contributed by atoms with Crippen molar-refractivity contribution in [3.63, 3.8) is 0 Å². The summed E-state index contributed by atoms with van der Waals surface area (Å²) < 4.78 is 10.4. The van der Waals surface area contributed by atoms with Crippen LogP contribution >= 0.6 is 0 Å². The number of carbonyl (C=O) groups excluding carboxylic acids is 2. The Bertz CT molecular complexity index is 547.